The molecule has 1 atom stereocenters. The molecule has 1 aromatic heterocycles. The Bertz CT molecular complexity index is 1650. The number of nitrogens with one attached hydrogen (secondary N) is 2. The number of imide groups is 1. The van der Waals surface area contributed by atoms with E-state index in [1.165, 1.54) is 0 Å². The van der Waals surface area contributed by atoms with E-state index < -0.39 is 11.9 Å². The van der Waals surface area contributed by atoms with E-state index in [2.05, 4.69) is 26.5 Å². The fourth-order valence-electron chi connectivity index (χ4n) is 5.54. The zero-order chi connectivity index (χ0) is 30.5. The number of carbonyl (C=O) groups excluding carboxylic acids is 3. The summed E-state index contributed by atoms with van der Waals surface area (Å²) in [5.41, 5.74) is 9.40. The minimum atomic E-state index is -0.530. The van der Waals surface area contributed by atoms with E-state index in [9.17, 15) is 14.4 Å². The van der Waals surface area contributed by atoms with Crippen molar-refractivity contribution in [1.82, 2.24) is 15.2 Å². The first-order valence-corrected chi connectivity index (χ1v) is 14.7. The Morgan fingerprint density at radius 1 is 0.886 bits per heavy atom. The SMILES string of the molecule is NC(=O)c1ccc(N2CCN(Cc3ccccc3NC3CCC(=O)NC3=O)CC2)nc1-c1ccc(Oc2ccccc2)cc1. The Morgan fingerprint density at radius 2 is 1.59 bits per heavy atom. The summed E-state index contributed by atoms with van der Waals surface area (Å²) in [5, 5.41) is 5.75. The predicted octanol–water partition coefficient (Wildman–Crippen LogP) is 4.18. The number of nitrogens with two attached hydrogens (primary N) is 1. The van der Waals surface area contributed by atoms with E-state index in [4.69, 9.17) is 15.5 Å². The fraction of sp³-hybridized carbons (Fsp3) is 0.235. The van der Waals surface area contributed by atoms with Gasteiger partial charge in [-0.2, -0.15) is 0 Å². The van der Waals surface area contributed by atoms with Crippen molar-refractivity contribution in [1.29, 1.82) is 0 Å². The lowest BCUT2D eigenvalue weighted by atomic mass is 10.0. The lowest BCUT2D eigenvalue weighted by Gasteiger charge is -2.36. The number of nitrogens with zero attached hydrogens (tertiary/aromatic N) is 3. The van der Waals surface area contributed by atoms with E-state index >= 15 is 0 Å². The van der Waals surface area contributed by atoms with E-state index in [0.717, 1.165) is 61.1 Å². The van der Waals surface area contributed by atoms with Crippen molar-refractivity contribution >= 4 is 29.2 Å². The lowest BCUT2D eigenvalue weighted by Crippen LogP contribution is -2.48. The number of piperazine rings is 1. The highest BCUT2D eigenvalue weighted by Gasteiger charge is 2.27. The average Bonchev–Trinajstić information content (AvgIpc) is 3.04. The number of anilines is 2. The molecule has 10 heteroatoms. The van der Waals surface area contributed by atoms with Crippen LogP contribution >= 0.6 is 0 Å². The lowest BCUT2D eigenvalue weighted by molar-refractivity contribution is -0.133. The number of carbonyl (C=O) groups is 3. The quantitative estimate of drug-likeness (QED) is 0.248. The van der Waals surface area contributed by atoms with Gasteiger partial charge in [0.15, 0.2) is 0 Å². The highest BCUT2D eigenvalue weighted by Crippen LogP contribution is 2.29. The third-order valence-electron chi connectivity index (χ3n) is 7.93. The second-order valence-corrected chi connectivity index (χ2v) is 10.9. The van der Waals surface area contributed by atoms with Gasteiger partial charge in [0, 0.05) is 50.4 Å². The maximum Gasteiger partial charge on any atom is 0.250 e. The molecule has 224 valence electrons. The van der Waals surface area contributed by atoms with Crippen molar-refractivity contribution < 1.29 is 19.1 Å². The zero-order valence-electron chi connectivity index (χ0n) is 24.2. The van der Waals surface area contributed by atoms with E-state index in [1.54, 1.807) is 6.07 Å². The minimum Gasteiger partial charge on any atom is -0.457 e. The minimum absolute atomic E-state index is 0.226. The van der Waals surface area contributed by atoms with Crippen molar-refractivity contribution in [3.05, 3.63) is 102 Å². The Hall–Kier alpha value is -5.22. The molecule has 4 N–H and O–H groups in total. The van der Waals surface area contributed by atoms with Crippen molar-refractivity contribution in [2.24, 2.45) is 5.73 Å². The van der Waals surface area contributed by atoms with Crippen LogP contribution in [0.2, 0.25) is 0 Å². The first-order chi connectivity index (χ1) is 21.4. The Balaban J connectivity index is 1.12. The van der Waals surface area contributed by atoms with Gasteiger partial charge in [0.2, 0.25) is 11.8 Å². The summed E-state index contributed by atoms with van der Waals surface area (Å²) in [6.45, 7) is 3.87. The number of primary amides is 1. The van der Waals surface area contributed by atoms with Gasteiger partial charge in [-0.25, -0.2) is 4.98 Å². The molecule has 2 aliphatic rings. The maximum atomic E-state index is 12.3. The third kappa shape index (κ3) is 6.71. The molecule has 6 rings (SSSR count). The largest absolute Gasteiger partial charge is 0.457 e. The summed E-state index contributed by atoms with van der Waals surface area (Å²) < 4.78 is 5.91. The van der Waals surface area contributed by atoms with Crippen molar-refractivity contribution in [2.45, 2.75) is 25.4 Å². The second-order valence-electron chi connectivity index (χ2n) is 10.9. The van der Waals surface area contributed by atoms with Gasteiger partial charge < -0.3 is 20.7 Å². The monoisotopic (exact) mass is 590 g/mol. The summed E-state index contributed by atoms with van der Waals surface area (Å²) in [4.78, 5) is 45.6. The van der Waals surface area contributed by atoms with Crippen LogP contribution in [0.1, 0.15) is 28.8 Å². The van der Waals surface area contributed by atoms with Crippen LogP contribution in [0.15, 0.2) is 91.0 Å². The number of pyridine rings is 1. The molecule has 2 saturated heterocycles. The summed E-state index contributed by atoms with van der Waals surface area (Å²) >= 11 is 0. The number of amides is 3. The van der Waals surface area contributed by atoms with E-state index in [0.29, 0.717) is 29.8 Å². The average molecular weight is 591 g/mol. The van der Waals surface area contributed by atoms with E-state index in [1.807, 2.05) is 78.9 Å². The normalized spacial score (nSPS) is 17.2. The Kier molecular flexibility index (Phi) is 8.51. The summed E-state index contributed by atoms with van der Waals surface area (Å²) in [7, 11) is 0. The zero-order valence-corrected chi connectivity index (χ0v) is 24.2. The molecule has 0 spiro atoms. The van der Waals surface area contributed by atoms with Crippen LogP contribution in [0.3, 0.4) is 0 Å². The number of hydrogen-bond acceptors (Lipinski definition) is 8. The standard InChI is InChI=1S/C34H34N6O4/c35-33(42)27-14-16-30(37-32(27)23-10-12-26(13-11-23)44-25-7-2-1-3-8-25)40-20-18-39(19-21-40)22-24-6-4-5-9-28(24)36-29-15-17-31(41)38-34(29)43/h1-14,16,29,36H,15,17-22H2,(H2,35,42)(H,38,41,43). The summed E-state index contributed by atoms with van der Waals surface area (Å²) in [6.07, 6.45) is 0.810. The van der Waals surface area contributed by atoms with Crippen LogP contribution in [0.25, 0.3) is 11.3 Å². The summed E-state index contributed by atoms with van der Waals surface area (Å²) in [5.74, 6) is 1.17. The van der Waals surface area contributed by atoms with Gasteiger partial charge in [-0.3, -0.25) is 24.6 Å². The number of para-hydroxylation sites is 2. The molecule has 44 heavy (non-hydrogen) atoms. The van der Waals surface area contributed by atoms with Crippen LogP contribution in [-0.2, 0) is 16.1 Å². The summed E-state index contributed by atoms with van der Waals surface area (Å²) in [6, 6.07) is 28.2. The molecule has 2 fully saturated rings. The Labute approximate surface area is 255 Å². The van der Waals surface area contributed by atoms with Crippen LogP contribution < -0.4 is 26.0 Å². The Morgan fingerprint density at radius 3 is 2.32 bits per heavy atom. The van der Waals surface area contributed by atoms with E-state index in [-0.39, 0.29) is 11.8 Å². The van der Waals surface area contributed by atoms with Gasteiger partial charge in [-0.05, 0) is 66.6 Å². The van der Waals surface area contributed by atoms with Gasteiger partial charge in [0.05, 0.1) is 11.3 Å². The highest BCUT2D eigenvalue weighted by atomic mass is 16.5. The smallest absolute Gasteiger partial charge is 0.250 e. The van der Waals surface area contributed by atoms with Gasteiger partial charge in [-0.15, -0.1) is 0 Å². The first kappa shape index (κ1) is 28.9. The molecule has 2 aliphatic heterocycles. The van der Waals surface area contributed by atoms with Crippen molar-refractivity contribution in [3.8, 4) is 22.8 Å². The molecule has 10 nitrogen and oxygen atoms in total. The van der Waals surface area contributed by atoms with Crippen LogP contribution in [0, 0.1) is 0 Å². The molecule has 3 heterocycles. The fourth-order valence-corrected chi connectivity index (χ4v) is 5.54. The number of ether oxygens (including phenoxy) is 1. The topological polar surface area (TPSA) is 130 Å². The highest BCUT2D eigenvalue weighted by molar-refractivity contribution is 6.01. The molecule has 0 bridgehead atoms. The predicted molar refractivity (Wildman–Crippen MR) is 168 cm³/mol. The number of benzene rings is 3. The molecule has 0 radical (unpaired) electrons. The third-order valence-corrected chi connectivity index (χ3v) is 7.93. The van der Waals surface area contributed by atoms with Crippen molar-refractivity contribution in [3.63, 3.8) is 0 Å². The van der Waals surface area contributed by atoms with Gasteiger partial charge >= 0.3 is 0 Å². The number of aromatic nitrogens is 1. The van der Waals surface area contributed by atoms with Crippen LogP contribution in [0.4, 0.5) is 11.5 Å². The molecule has 3 amide bonds. The first-order valence-electron chi connectivity index (χ1n) is 14.7. The van der Waals surface area contributed by atoms with Gasteiger partial charge in [-0.1, -0.05) is 36.4 Å². The van der Waals surface area contributed by atoms with Crippen LogP contribution in [0.5, 0.6) is 11.5 Å². The molecule has 3 aromatic carbocycles. The molecule has 0 aliphatic carbocycles. The molecule has 1 unspecified atom stereocenters. The number of hydrogen-bond donors (Lipinski definition) is 3. The van der Waals surface area contributed by atoms with Crippen molar-refractivity contribution in [2.75, 3.05) is 36.4 Å². The van der Waals surface area contributed by atoms with Gasteiger partial charge in [0.25, 0.3) is 5.91 Å². The maximum absolute atomic E-state index is 12.3. The number of piperidine rings is 1. The molecule has 4 aromatic rings. The molecular formula is C34H34N6O4. The second kappa shape index (κ2) is 13.0. The van der Waals surface area contributed by atoms with Crippen LogP contribution in [-0.4, -0.2) is 59.8 Å². The molecule has 0 saturated carbocycles. The molecular weight excluding hydrogens is 556 g/mol. The number of rotatable bonds is 9. The van der Waals surface area contributed by atoms with Gasteiger partial charge in [0.1, 0.15) is 23.4 Å².